The standard InChI is InChI=1S/C9H16N4O2/c1-3-7(9(14)15)10-5-8-12-11-6-13(8)4-2/h6-7,10H,3-5H2,1-2H3,(H,14,15). The number of aromatic nitrogens is 3. The third-order valence-electron chi connectivity index (χ3n) is 2.25. The zero-order valence-electron chi connectivity index (χ0n) is 8.97. The van der Waals surface area contributed by atoms with Crippen molar-refractivity contribution < 1.29 is 9.90 Å². The Morgan fingerprint density at radius 3 is 2.93 bits per heavy atom. The highest BCUT2D eigenvalue weighted by Crippen LogP contribution is 1.97. The first-order valence-electron chi connectivity index (χ1n) is 5.01. The Labute approximate surface area is 88.3 Å². The average molecular weight is 212 g/mol. The van der Waals surface area contributed by atoms with Crippen LogP contribution in [0.1, 0.15) is 26.1 Å². The smallest absolute Gasteiger partial charge is 0.320 e. The number of carboxylic acid groups (broad SMARTS) is 1. The Hall–Kier alpha value is -1.43. The molecule has 0 fully saturated rings. The summed E-state index contributed by atoms with van der Waals surface area (Å²) in [6, 6.07) is -0.521. The molecule has 0 amide bonds. The Balaban J connectivity index is 2.52. The predicted octanol–water partition coefficient (Wildman–Crippen LogP) is 0.251. The van der Waals surface area contributed by atoms with Gasteiger partial charge in [0.15, 0.2) is 0 Å². The zero-order valence-corrected chi connectivity index (χ0v) is 8.97. The SMILES string of the molecule is CCC(NCc1nncn1CC)C(=O)O. The van der Waals surface area contributed by atoms with Gasteiger partial charge in [0.05, 0.1) is 6.54 Å². The van der Waals surface area contributed by atoms with Crippen LogP contribution < -0.4 is 5.32 Å². The molecule has 6 nitrogen and oxygen atoms in total. The number of aliphatic carboxylic acids is 1. The van der Waals surface area contributed by atoms with Crippen molar-refractivity contribution in [1.29, 1.82) is 0 Å². The van der Waals surface area contributed by atoms with Gasteiger partial charge in [-0.25, -0.2) is 0 Å². The van der Waals surface area contributed by atoms with Crippen molar-refractivity contribution in [3.05, 3.63) is 12.2 Å². The number of aryl methyl sites for hydroxylation is 1. The van der Waals surface area contributed by atoms with Crippen molar-refractivity contribution in [2.75, 3.05) is 0 Å². The Morgan fingerprint density at radius 2 is 2.40 bits per heavy atom. The van der Waals surface area contributed by atoms with Gasteiger partial charge >= 0.3 is 5.97 Å². The molecule has 1 heterocycles. The summed E-state index contributed by atoms with van der Waals surface area (Å²) >= 11 is 0. The molecule has 84 valence electrons. The van der Waals surface area contributed by atoms with Crippen molar-refractivity contribution in [2.45, 2.75) is 39.4 Å². The van der Waals surface area contributed by atoms with Crippen LogP contribution in [0.15, 0.2) is 6.33 Å². The minimum absolute atomic E-state index is 0.429. The van der Waals surface area contributed by atoms with E-state index in [-0.39, 0.29) is 0 Å². The van der Waals surface area contributed by atoms with Crippen molar-refractivity contribution in [1.82, 2.24) is 20.1 Å². The molecular weight excluding hydrogens is 196 g/mol. The molecule has 0 aliphatic heterocycles. The molecule has 0 bridgehead atoms. The van der Waals surface area contributed by atoms with E-state index >= 15 is 0 Å². The Bertz CT molecular complexity index is 324. The lowest BCUT2D eigenvalue weighted by molar-refractivity contribution is -0.139. The quantitative estimate of drug-likeness (QED) is 0.706. The topological polar surface area (TPSA) is 80.0 Å². The molecule has 0 aliphatic carbocycles. The molecule has 1 rings (SSSR count). The molecule has 6 heteroatoms. The van der Waals surface area contributed by atoms with E-state index in [2.05, 4.69) is 15.5 Å². The largest absolute Gasteiger partial charge is 0.480 e. The first-order valence-corrected chi connectivity index (χ1v) is 5.01. The first kappa shape index (κ1) is 11.6. The summed E-state index contributed by atoms with van der Waals surface area (Å²) in [7, 11) is 0. The fourth-order valence-corrected chi connectivity index (χ4v) is 1.30. The van der Waals surface area contributed by atoms with Crippen LogP contribution in [0, 0.1) is 0 Å². The number of carboxylic acids is 1. The molecular formula is C9H16N4O2. The van der Waals surface area contributed by atoms with E-state index < -0.39 is 12.0 Å². The Kier molecular flexibility index (Phi) is 4.23. The van der Waals surface area contributed by atoms with Crippen LogP contribution in [0.3, 0.4) is 0 Å². The second-order valence-corrected chi connectivity index (χ2v) is 3.21. The Morgan fingerprint density at radius 1 is 1.67 bits per heavy atom. The fourth-order valence-electron chi connectivity index (χ4n) is 1.30. The molecule has 1 atom stereocenters. The summed E-state index contributed by atoms with van der Waals surface area (Å²) in [6.45, 7) is 5.03. The van der Waals surface area contributed by atoms with Crippen LogP contribution in [-0.2, 0) is 17.9 Å². The van der Waals surface area contributed by atoms with Crippen molar-refractivity contribution in [3.8, 4) is 0 Å². The summed E-state index contributed by atoms with van der Waals surface area (Å²) in [5, 5.41) is 19.4. The third kappa shape index (κ3) is 3.02. The minimum Gasteiger partial charge on any atom is -0.480 e. The van der Waals surface area contributed by atoms with Crippen molar-refractivity contribution in [2.24, 2.45) is 0 Å². The van der Waals surface area contributed by atoms with Gasteiger partial charge in [-0.2, -0.15) is 0 Å². The van der Waals surface area contributed by atoms with Gasteiger partial charge in [-0.3, -0.25) is 10.1 Å². The molecule has 0 saturated carbocycles. The predicted molar refractivity (Wildman–Crippen MR) is 54.3 cm³/mol. The first-order chi connectivity index (χ1) is 7.19. The van der Waals surface area contributed by atoms with Crippen LogP contribution in [-0.4, -0.2) is 31.9 Å². The highest BCUT2D eigenvalue weighted by atomic mass is 16.4. The lowest BCUT2D eigenvalue weighted by Crippen LogP contribution is -2.36. The van der Waals surface area contributed by atoms with E-state index in [4.69, 9.17) is 5.11 Å². The van der Waals surface area contributed by atoms with E-state index in [1.54, 1.807) is 6.33 Å². The summed E-state index contributed by atoms with van der Waals surface area (Å²) in [5.41, 5.74) is 0. The number of carbonyl (C=O) groups is 1. The maximum Gasteiger partial charge on any atom is 0.320 e. The third-order valence-corrected chi connectivity index (χ3v) is 2.25. The van der Waals surface area contributed by atoms with Crippen LogP contribution in [0.5, 0.6) is 0 Å². The molecule has 15 heavy (non-hydrogen) atoms. The number of nitrogens with zero attached hydrogens (tertiary/aromatic N) is 3. The van der Waals surface area contributed by atoms with Crippen LogP contribution in [0.4, 0.5) is 0 Å². The van der Waals surface area contributed by atoms with Crippen LogP contribution in [0.2, 0.25) is 0 Å². The van der Waals surface area contributed by atoms with Crippen LogP contribution >= 0.6 is 0 Å². The van der Waals surface area contributed by atoms with Gasteiger partial charge in [0.1, 0.15) is 18.2 Å². The van der Waals surface area contributed by atoms with E-state index in [0.717, 1.165) is 12.4 Å². The van der Waals surface area contributed by atoms with Crippen LogP contribution in [0.25, 0.3) is 0 Å². The molecule has 2 N–H and O–H groups in total. The molecule has 0 aliphatic rings. The van der Waals surface area contributed by atoms with Gasteiger partial charge in [-0.1, -0.05) is 6.92 Å². The zero-order chi connectivity index (χ0) is 11.3. The maximum atomic E-state index is 10.7. The van der Waals surface area contributed by atoms with Gasteiger partial charge in [0.25, 0.3) is 0 Å². The normalized spacial score (nSPS) is 12.7. The second-order valence-electron chi connectivity index (χ2n) is 3.21. The summed E-state index contributed by atoms with van der Waals surface area (Å²) in [6.07, 6.45) is 2.19. The molecule has 1 unspecified atom stereocenters. The van der Waals surface area contributed by atoms with E-state index in [1.165, 1.54) is 0 Å². The second kappa shape index (κ2) is 5.45. The maximum absolute atomic E-state index is 10.7. The van der Waals surface area contributed by atoms with Gasteiger partial charge in [0, 0.05) is 6.54 Å². The molecule has 1 aromatic heterocycles. The van der Waals surface area contributed by atoms with Gasteiger partial charge in [-0.05, 0) is 13.3 Å². The summed E-state index contributed by atoms with van der Waals surface area (Å²) in [5.74, 6) is -0.0720. The average Bonchev–Trinajstić information content (AvgIpc) is 2.65. The number of hydrogen-bond donors (Lipinski definition) is 2. The monoisotopic (exact) mass is 212 g/mol. The van der Waals surface area contributed by atoms with Crippen molar-refractivity contribution >= 4 is 5.97 Å². The molecule has 1 aromatic rings. The molecule has 0 saturated heterocycles. The van der Waals surface area contributed by atoms with E-state index in [1.807, 2.05) is 18.4 Å². The number of rotatable bonds is 6. The van der Waals surface area contributed by atoms with E-state index in [9.17, 15) is 4.79 Å². The number of hydrogen-bond acceptors (Lipinski definition) is 4. The van der Waals surface area contributed by atoms with Gasteiger partial charge < -0.3 is 9.67 Å². The fraction of sp³-hybridized carbons (Fsp3) is 0.667. The summed E-state index contributed by atoms with van der Waals surface area (Å²) < 4.78 is 1.88. The van der Waals surface area contributed by atoms with Gasteiger partial charge in [-0.15, -0.1) is 10.2 Å². The van der Waals surface area contributed by atoms with Crippen molar-refractivity contribution in [3.63, 3.8) is 0 Å². The number of nitrogens with one attached hydrogen (secondary N) is 1. The highest BCUT2D eigenvalue weighted by molar-refractivity contribution is 5.73. The minimum atomic E-state index is -0.833. The lowest BCUT2D eigenvalue weighted by atomic mass is 10.2. The molecule has 0 aromatic carbocycles. The molecule has 0 radical (unpaired) electrons. The highest BCUT2D eigenvalue weighted by Gasteiger charge is 2.14. The summed E-state index contributed by atoms with van der Waals surface area (Å²) in [4.78, 5) is 10.7. The molecule has 0 spiro atoms. The van der Waals surface area contributed by atoms with Gasteiger partial charge in [0.2, 0.25) is 0 Å². The lowest BCUT2D eigenvalue weighted by Gasteiger charge is -2.11. The van der Waals surface area contributed by atoms with E-state index in [0.29, 0.717) is 13.0 Å².